The van der Waals surface area contributed by atoms with Gasteiger partial charge in [-0.25, -0.2) is 4.98 Å². The molecule has 1 unspecified atom stereocenters. The van der Waals surface area contributed by atoms with Gasteiger partial charge in [0.05, 0.1) is 36.5 Å². The van der Waals surface area contributed by atoms with Crippen molar-refractivity contribution in [2.45, 2.75) is 38.2 Å². The number of fused-ring (bicyclic) bond motifs is 1. The minimum absolute atomic E-state index is 0. The maximum atomic E-state index is 9.89. The van der Waals surface area contributed by atoms with E-state index in [9.17, 15) is 5.26 Å². The summed E-state index contributed by atoms with van der Waals surface area (Å²) in [5.74, 6) is 0.616. The van der Waals surface area contributed by atoms with Crippen molar-refractivity contribution in [2.24, 2.45) is 13.0 Å². The molecule has 5 rings (SSSR count). The van der Waals surface area contributed by atoms with Crippen LogP contribution >= 0.6 is 12.4 Å². The topological polar surface area (TPSA) is 50.8 Å². The van der Waals surface area contributed by atoms with Gasteiger partial charge in [-0.3, -0.25) is 0 Å². The molecule has 0 saturated heterocycles. The standard InChI is InChI=1S/C29H29N3O.ClH/c1-32-20-31-18-28(32)29(33-19-21-8-3-2-4-9-21)23-14-15-24(17-30)27(16-23)26-13-7-11-22-10-5-6-12-25(22)26;/h5-7,10-16,18,20-21,29H,2-4,8-9,19H2,1H3;1H. The van der Waals surface area contributed by atoms with E-state index in [1.54, 1.807) is 0 Å². The molecule has 0 aliphatic heterocycles. The number of aryl methyl sites for hydroxylation is 1. The highest BCUT2D eigenvalue weighted by atomic mass is 35.5. The summed E-state index contributed by atoms with van der Waals surface area (Å²) in [7, 11) is 2.01. The van der Waals surface area contributed by atoms with Gasteiger partial charge in [0.2, 0.25) is 0 Å². The summed E-state index contributed by atoms with van der Waals surface area (Å²) in [5.41, 5.74) is 4.77. The molecule has 0 bridgehead atoms. The van der Waals surface area contributed by atoms with Gasteiger partial charge in [0.1, 0.15) is 6.10 Å². The average molecular weight is 472 g/mol. The van der Waals surface area contributed by atoms with Crippen LogP contribution in [-0.4, -0.2) is 16.2 Å². The van der Waals surface area contributed by atoms with Gasteiger partial charge in [0.25, 0.3) is 0 Å². The molecule has 4 nitrogen and oxygen atoms in total. The van der Waals surface area contributed by atoms with Crippen LogP contribution in [0.3, 0.4) is 0 Å². The summed E-state index contributed by atoms with van der Waals surface area (Å²) < 4.78 is 8.63. The van der Waals surface area contributed by atoms with Crippen molar-refractivity contribution in [1.29, 1.82) is 5.26 Å². The van der Waals surface area contributed by atoms with Crippen molar-refractivity contribution in [3.63, 3.8) is 0 Å². The zero-order valence-electron chi connectivity index (χ0n) is 19.5. The molecule has 0 amide bonds. The van der Waals surface area contributed by atoms with Crippen LogP contribution in [0.4, 0.5) is 0 Å². The fourth-order valence-electron chi connectivity index (χ4n) is 5.06. The lowest BCUT2D eigenvalue weighted by Crippen LogP contribution is -2.18. The fourth-order valence-corrected chi connectivity index (χ4v) is 5.06. The minimum atomic E-state index is -0.221. The summed E-state index contributed by atoms with van der Waals surface area (Å²) in [6.45, 7) is 0.749. The Balaban J connectivity index is 0.00000274. The Bertz CT molecular complexity index is 1290. The molecule has 1 saturated carbocycles. The smallest absolute Gasteiger partial charge is 0.124 e. The van der Waals surface area contributed by atoms with Gasteiger partial charge in [-0.1, -0.05) is 67.8 Å². The second-order valence-corrected chi connectivity index (χ2v) is 9.09. The molecule has 1 fully saturated rings. The number of nitriles is 1. The molecule has 0 N–H and O–H groups in total. The lowest BCUT2D eigenvalue weighted by molar-refractivity contribution is 0.0383. The van der Waals surface area contributed by atoms with Gasteiger partial charge in [0.15, 0.2) is 0 Å². The number of rotatable bonds is 6. The molecule has 4 aromatic rings. The largest absolute Gasteiger partial charge is 0.367 e. The van der Waals surface area contributed by atoms with Crippen LogP contribution in [0.5, 0.6) is 0 Å². The number of aromatic nitrogens is 2. The molecule has 3 aromatic carbocycles. The predicted molar refractivity (Wildman–Crippen MR) is 139 cm³/mol. The van der Waals surface area contributed by atoms with E-state index >= 15 is 0 Å². The molecule has 1 atom stereocenters. The lowest BCUT2D eigenvalue weighted by Gasteiger charge is -2.26. The Kier molecular flexibility index (Phi) is 7.67. The molecular formula is C29H30ClN3O. The van der Waals surface area contributed by atoms with Gasteiger partial charge in [0, 0.05) is 12.6 Å². The summed E-state index contributed by atoms with van der Waals surface area (Å²) >= 11 is 0. The van der Waals surface area contributed by atoms with Gasteiger partial charge in [-0.2, -0.15) is 5.26 Å². The number of benzene rings is 3. The van der Waals surface area contributed by atoms with Crippen LogP contribution < -0.4 is 0 Å². The Morgan fingerprint density at radius 3 is 2.59 bits per heavy atom. The summed E-state index contributed by atoms with van der Waals surface area (Å²) in [4.78, 5) is 4.35. The first-order valence-electron chi connectivity index (χ1n) is 11.8. The van der Waals surface area contributed by atoms with Crippen LogP contribution in [0.1, 0.15) is 55.0 Å². The molecule has 34 heavy (non-hydrogen) atoms. The third-order valence-electron chi connectivity index (χ3n) is 6.89. The predicted octanol–water partition coefficient (Wildman–Crippen LogP) is 7.22. The average Bonchev–Trinajstić information content (AvgIpc) is 3.30. The lowest BCUT2D eigenvalue weighted by atomic mass is 9.89. The summed E-state index contributed by atoms with van der Waals surface area (Å²) in [5, 5.41) is 12.2. The van der Waals surface area contributed by atoms with Crippen LogP contribution in [0.2, 0.25) is 0 Å². The van der Waals surface area contributed by atoms with Gasteiger partial charge in [-0.05, 0) is 52.8 Å². The number of imidazole rings is 1. The van der Waals surface area contributed by atoms with Crippen molar-refractivity contribution in [3.8, 4) is 17.2 Å². The van der Waals surface area contributed by atoms with Crippen molar-refractivity contribution in [3.05, 3.63) is 90.0 Å². The maximum Gasteiger partial charge on any atom is 0.124 e. The quantitative estimate of drug-likeness (QED) is 0.298. The third-order valence-corrected chi connectivity index (χ3v) is 6.89. The van der Waals surface area contributed by atoms with Gasteiger partial charge < -0.3 is 9.30 Å². The van der Waals surface area contributed by atoms with Crippen molar-refractivity contribution >= 4 is 23.2 Å². The van der Waals surface area contributed by atoms with E-state index in [2.05, 4.69) is 47.5 Å². The van der Waals surface area contributed by atoms with E-state index < -0.39 is 0 Å². The molecule has 1 aliphatic rings. The number of hydrogen-bond donors (Lipinski definition) is 0. The minimum Gasteiger partial charge on any atom is -0.367 e. The van der Waals surface area contributed by atoms with Crippen molar-refractivity contribution in [2.75, 3.05) is 6.61 Å². The summed E-state index contributed by atoms with van der Waals surface area (Å²) in [6.07, 6.45) is 9.91. The number of hydrogen-bond acceptors (Lipinski definition) is 3. The van der Waals surface area contributed by atoms with Gasteiger partial charge >= 0.3 is 0 Å². The normalized spacial score (nSPS) is 14.9. The van der Waals surface area contributed by atoms with E-state index in [1.165, 1.54) is 37.5 Å². The van der Waals surface area contributed by atoms with Gasteiger partial charge in [-0.15, -0.1) is 12.4 Å². The zero-order chi connectivity index (χ0) is 22.6. The maximum absolute atomic E-state index is 9.89. The highest BCUT2D eigenvalue weighted by Crippen LogP contribution is 2.36. The van der Waals surface area contributed by atoms with E-state index in [1.807, 2.05) is 48.4 Å². The second kappa shape index (κ2) is 10.9. The number of ether oxygens (including phenoxy) is 1. The van der Waals surface area contributed by atoms with E-state index in [0.29, 0.717) is 11.5 Å². The Hall–Kier alpha value is -3.13. The van der Waals surface area contributed by atoms with Crippen LogP contribution in [-0.2, 0) is 11.8 Å². The fraction of sp³-hybridized carbons (Fsp3) is 0.310. The van der Waals surface area contributed by atoms with Crippen molar-refractivity contribution in [1.82, 2.24) is 9.55 Å². The number of nitrogens with zero attached hydrogens (tertiary/aromatic N) is 3. The monoisotopic (exact) mass is 471 g/mol. The van der Waals surface area contributed by atoms with E-state index in [4.69, 9.17) is 4.74 Å². The second-order valence-electron chi connectivity index (χ2n) is 9.09. The van der Waals surface area contributed by atoms with Crippen LogP contribution in [0.15, 0.2) is 73.2 Å². The first kappa shape index (κ1) is 24.0. The molecule has 174 valence electrons. The molecule has 1 heterocycles. The Morgan fingerprint density at radius 2 is 1.82 bits per heavy atom. The zero-order valence-corrected chi connectivity index (χ0v) is 20.3. The Labute approximate surface area is 207 Å². The number of halogens is 1. The summed E-state index contributed by atoms with van der Waals surface area (Å²) in [6, 6.07) is 23.1. The molecule has 1 aliphatic carbocycles. The third kappa shape index (κ3) is 4.87. The van der Waals surface area contributed by atoms with Crippen LogP contribution in [0, 0.1) is 17.2 Å². The van der Waals surface area contributed by atoms with E-state index in [0.717, 1.165) is 34.4 Å². The van der Waals surface area contributed by atoms with E-state index in [-0.39, 0.29) is 18.5 Å². The van der Waals surface area contributed by atoms with Crippen molar-refractivity contribution < 1.29 is 4.74 Å². The first-order chi connectivity index (χ1) is 16.2. The highest BCUT2D eigenvalue weighted by molar-refractivity contribution is 5.97. The van der Waals surface area contributed by atoms with Crippen LogP contribution in [0.25, 0.3) is 21.9 Å². The molecule has 0 spiro atoms. The molecular weight excluding hydrogens is 442 g/mol. The Morgan fingerprint density at radius 1 is 1.03 bits per heavy atom. The first-order valence-corrected chi connectivity index (χ1v) is 11.8. The SMILES string of the molecule is Cl.Cn1cncc1C(OCC1CCCCC1)c1ccc(C#N)c(-c2cccc3ccccc23)c1. The highest BCUT2D eigenvalue weighted by Gasteiger charge is 2.23. The molecule has 5 heteroatoms. The molecule has 0 radical (unpaired) electrons. The molecule has 1 aromatic heterocycles.